The average Bonchev–Trinajstić information content (AvgIpc) is 2.75. The Morgan fingerprint density at radius 1 is 1.03 bits per heavy atom. The zero-order valence-electron chi connectivity index (χ0n) is 22.3. The molecule has 1 aromatic carbocycles. The van der Waals surface area contributed by atoms with E-state index in [1.54, 1.807) is 0 Å². The average molecular weight is 449 g/mol. The molecule has 32 heavy (non-hydrogen) atoms. The van der Waals surface area contributed by atoms with Gasteiger partial charge in [0, 0.05) is 0 Å². The number of allylic oxidation sites excluding steroid dienone is 3. The first-order valence-electron chi connectivity index (χ1n) is 12.2. The second-order valence-electron chi connectivity index (χ2n) is 7.64. The van der Waals surface area contributed by atoms with Crippen molar-refractivity contribution in [1.82, 2.24) is 0 Å². The van der Waals surface area contributed by atoms with E-state index in [0.717, 1.165) is 59.5 Å². The largest absolute Gasteiger partial charge is 0.493 e. The Morgan fingerprint density at radius 2 is 1.59 bits per heavy atom. The standard InChI is InChI=1S/C24H36O4.2C2H6/c1-7-9-21(14-20(11-17(3)4)15-27-16-23(25)26)22-12-18(5)24(19(6)13-22)28-10-8-2;2*1-2/h9,12-14,17H,7-8,10-11,15-16H2,1-6H3,(H,25,26);2*1-2H3/b20-14-,21-9+;;. The van der Waals surface area contributed by atoms with Gasteiger partial charge < -0.3 is 14.6 Å². The molecule has 1 rings (SSSR count). The normalized spacial score (nSPS) is 11.3. The van der Waals surface area contributed by atoms with Gasteiger partial charge in [0.1, 0.15) is 12.4 Å². The maximum atomic E-state index is 10.8. The van der Waals surface area contributed by atoms with Crippen LogP contribution < -0.4 is 4.74 Å². The van der Waals surface area contributed by atoms with Crippen LogP contribution in [0.5, 0.6) is 5.75 Å². The zero-order chi connectivity index (χ0) is 25.1. The Bertz CT molecular complexity index is 676. The quantitative estimate of drug-likeness (QED) is 0.329. The molecule has 4 nitrogen and oxygen atoms in total. The van der Waals surface area contributed by atoms with Gasteiger partial charge in [-0.2, -0.15) is 0 Å². The monoisotopic (exact) mass is 448 g/mol. The van der Waals surface area contributed by atoms with Crippen molar-refractivity contribution in [3.63, 3.8) is 0 Å². The summed E-state index contributed by atoms with van der Waals surface area (Å²) in [7, 11) is 0. The third-order valence-electron chi connectivity index (χ3n) is 4.21. The SMILES string of the molecule is CC.CC.CC/C=C(\C=C(/COCC(=O)O)CC(C)C)c1cc(C)c(OCCC)c(C)c1. The Hall–Kier alpha value is -2.07. The van der Waals surface area contributed by atoms with E-state index in [0.29, 0.717) is 12.5 Å². The van der Waals surface area contributed by atoms with E-state index in [1.165, 1.54) is 0 Å². The maximum Gasteiger partial charge on any atom is 0.329 e. The summed E-state index contributed by atoms with van der Waals surface area (Å²) in [6.07, 6.45) is 7.14. The van der Waals surface area contributed by atoms with Gasteiger partial charge in [-0.1, -0.05) is 67.5 Å². The Balaban J connectivity index is 0. The number of hydrogen-bond acceptors (Lipinski definition) is 3. The van der Waals surface area contributed by atoms with E-state index in [9.17, 15) is 4.79 Å². The van der Waals surface area contributed by atoms with E-state index >= 15 is 0 Å². The molecule has 0 aromatic heterocycles. The lowest BCUT2D eigenvalue weighted by atomic mass is 9.95. The van der Waals surface area contributed by atoms with Crippen LogP contribution in [0.15, 0.2) is 29.9 Å². The molecule has 0 unspecified atom stereocenters. The van der Waals surface area contributed by atoms with E-state index in [2.05, 4.69) is 65.8 Å². The minimum atomic E-state index is -0.942. The van der Waals surface area contributed by atoms with Gasteiger partial charge in [0.2, 0.25) is 0 Å². The second kappa shape index (κ2) is 19.6. The summed E-state index contributed by atoms with van der Waals surface area (Å²) < 4.78 is 11.3. The highest BCUT2D eigenvalue weighted by Crippen LogP contribution is 2.30. The fourth-order valence-electron chi connectivity index (χ4n) is 3.20. The predicted molar refractivity (Wildman–Crippen MR) is 139 cm³/mol. The molecule has 1 aromatic rings. The molecular weight excluding hydrogens is 400 g/mol. The number of ether oxygens (including phenoxy) is 2. The van der Waals surface area contributed by atoms with Crippen molar-refractivity contribution in [2.24, 2.45) is 5.92 Å². The molecule has 0 heterocycles. The Labute approximate surface area is 197 Å². The number of rotatable bonds is 12. The zero-order valence-corrected chi connectivity index (χ0v) is 22.3. The molecule has 184 valence electrons. The van der Waals surface area contributed by atoms with Crippen molar-refractivity contribution in [3.8, 4) is 5.75 Å². The number of carboxylic acid groups (broad SMARTS) is 1. The second-order valence-corrected chi connectivity index (χ2v) is 7.64. The van der Waals surface area contributed by atoms with Crippen LogP contribution in [0.25, 0.3) is 5.57 Å². The molecule has 4 heteroatoms. The molecule has 0 saturated carbocycles. The molecule has 0 aliphatic heterocycles. The van der Waals surface area contributed by atoms with Gasteiger partial charge in [0.25, 0.3) is 0 Å². The van der Waals surface area contributed by atoms with Gasteiger partial charge in [-0.3, -0.25) is 0 Å². The summed E-state index contributed by atoms with van der Waals surface area (Å²) in [6.45, 7) is 21.5. The molecule has 0 aliphatic carbocycles. The first-order valence-corrected chi connectivity index (χ1v) is 12.2. The molecule has 0 spiro atoms. The summed E-state index contributed by atoms with van der Waals surface area (Å²) in [5, 5.41) is 8.83. The first-order chi connectivity index (χ1) is 15.3. The first kappa shape index (κ1) is 32.1. The van der Waals surface area contributed by atoms with Crippen molar-refractivity contribution >= 4 is 11.5 Å². The number of carbonyl (C=O) groups is 1. The van der Waals surface area contributed by atoms with Crippen LogP contribution in [0.3, 0.4) is 0 Å². The van der Waals surface area contributed by atoms with Gasteiger partial charge in [0.15, 0.2) is 0 Å². The Morgan fingerprint density at radius 3 is 2.03 bits per heavy atom. The van der Waals surface area contributed by atoms with E-state index in [-0.39, 0.29) is 6.61 Å². The van der Waals surface area contributed by atoms with Gasteiger partial charge in [0.05, 0.1) is 13.2 Å². The highest BCUT2D eigenvalue weighted by atomic mass is 16.5. The van der Waals surface area contributed by atoms with Crippen LogP contribution >= 0.6 is 0 Å². The van der Waals surface area contributed by atoms with Crippen LogP contribution in [0.4, 0.5) is 0 Å². The lowest BCUT2D eigenvalue weighted by Gasteiger charge is -2.16. The molecule has 0 saturated heterocycles. The fourth-order valence-corrected chi connectivity index (χ4v) is 3.20. The topological polar surface area (TPSA) is 55.8 Å². The molecule has 0 bridgehead atoms. The van der Waals surface area contributed by atoms with E-state index in [4.69, 9.17) is 14.6 Å². The highest BCUT2D eigenvalue weighted by molar-refractivity contribution is 5.76. The van der Waals surface area contributed by atoms with Crippen LogP contribution in [0.2, 0.25) is 0 Å². The number of aliphatic carboxylic acids is 1. The fraction of sp³-hybridized carbons (Fsp3) is 0.607. The van der Waals surface area contributed by atoms with Crippen LogP contribution in [0.1, 0.15) is 91.3 Å². The number of aryl methyl sites for hydroxylation is 2. The minimum absolute atomic E-state index is 0.274. The third-order valence-corrected chi connectivity index (χ3v) is 4.21. The van der Waals surface area contributed by atoms with E-state index in [1.807, 2.05) is 27.7 Å². The summed E-state index contributed by atoms with van der Waals surface area (Å²) in [5.41, 5.74) is 5.67. The molecule has 0 radical (unpaired) electrons. The lowest BCUT2D eigenvalue weighted by Crippen LogP contribution is -2.10. The number of carboxylic acids is 1. The van der Waals surface area contributed by atoms with Crippen molar-refractivity contribution in [2.45, 2.75) is 88.5 Å². The lowest BCUT2D eigenvalue weighted by molar-refractivity contribution is -0.141. The molecular formula is C28H48O4. The number of hydrogen-bond donors (Lipinski definition) is 1. The molecule has 0 fully saturated rings. The van der Waals surface area contributed by atoms with E-state index < -0.39 is 5.97 Å². The predicted octanol–water partition coefficient (Wildman–Crippen LogP) is 8.01. The highest BCUT2D eigenvalue weighted by Gasteiger charge is 2.11. The summed E-state index contributed by atoms with van der Waals surface area (Å²) in [6, 6.07) is 4.34. The minimum Gasteiger partial charge on any atom is -0.493 e. The summed E-state index contributed by atoms with van der Waals surface area (Å²) in [4.78, 5) is 10.8. The molecule has 0 amide bonds. The molecule has 1 N–H and O–H groups in total. The third kappa shape index (κ3) is 13.4. The summed E-state index contributed by atoms with van der Waals surface area (Å²) >= 11 is 0. The maximum absolute atomic E-state index is 10.8. The van der Waals surface area contributed by atoms with Gasteiger partial charge >= 0.3 is 5.97 Å². The molecule has 0 aliphatic rings. The van der Waals surface area contributed by atoms with Crippen LogP contribution in [-0.2, 0) is 9.53 Å². The smallest absolute Gasteiger partial charge is 0.329 e. The van der Waals surface area contributed by atoms with Crippen LogP contribution in [-0.4, -0.2) is 30.9 Å². The summed E-state index contributed by atoms with van der Waals surface area (Å²) in [5.74, 6) is 0.496. The number of benzene rings is 1. The van der Waals surface area contributed by atoms with Crippen molar-refractivity contribution in [1.29, 1.82) is 0 Å². The van der Waals surface area contributed by atoms with Crippen molar-refractivity contribution in [3.05, 3.63) is 46.5 Å². The Kier molecular flexibility index (Phi) is 19.7. The van der Waals surface area contributed by atoms with Gasteiger partial charge in [-0.05, 0) is 79.0 Å². The molecule has 0 atom stereocenters. The van der Waals surface area contributed by atoms with Crippen molar-refractivity contribution < 1.29 is 19.4 Å². The van der Waals surface area contributed by atoms with Gasteiger partial charge in [-0.25, -0.2) is 4.79 Å². The van der Waals surface area contributed by atoms with Gasteiger partial charge in [-0.15, -0.1) is 0 Å². The van der Waals surface area contributed by atoms with Crippen molar-refractivity contribution in [2.75, 3.05) is 19.8 Å². The van der Waals surface area contributed by atoms with Crippen LogP contribution in [0, 0.1) is 19.8 Å².